The van der Waals surface area contributed by atoms with Crippen molar-refractivity contribution in [2.75, 3.05) is 51.1 Å². The maximum absolute atomic E-state index is 12.2. The molecular weight excluding hydrogens is 500 g/mol. The third kappa shape index (κ3) is 10.0. The molecule has 0 radical (unpaired) electrons. The molecule has 0 amide bonds. The number of rotatable bonds is 16. The molecule has 0 saturated carbocycles. The van der Waals surface area contributed by atoms with E-state index in [4.69, 9.17) is 14.2 Å². The minimum Gasteiger partial charge on any atom is -0.378 e. The monoisotopic (exact) mass is 524 g/mol. The third-order valence-corrected chi connectivity index (χ3v) is 7.87. The summed E-state index contributed by atoms with van der Waals surface area (Å²) >= 11 is 0. The molecule has 0 N–H and O–H groups in total. The van der Waals surface area contributed by atoms with Crippen molar-refractivity contribution in [1.29, 1.82) is 0 Å². The number of benzene rings is 2. The van der Waals surface area contributed by atoms with Crippen LogP contribution in [0.5, 0.6) is 0 Å². The molecule has 0 bridgehead atoms. The molecule has 0 unspecified atom stereocenters. The summed E-state index contributed by atoms with van der Waals surface area (Å²) in [6.45, 7) is 0.765. The number of nitrogens with zero attached hydrogens (tertiary/aromatic N) is 2. The molecule has 0 aliphatic rings. The first-order chi connectivity index (χ1) is 16.8. The first-order valence-electron chi connectivity index (χ1n) is 10.3. The van der Waals surface area contributed by atoms with Crippen molar-refractivity contribution >= 4 is 43.2 Å². The fourth-order valence-electron chi connectivity index (χ4n) is 2.68. The van der Waals surface area contributed by atoms with Gasteiger partial charge in [0.1, 0.15) is 0 Å². The largest absolute Gasteiger partial charge is 0.378 e. The highest BCUT2D eigenvalue weighted by atomic mass is 32.2. The number of hydrogen-bond acceptors (Lipinski definition) is 11. The van der Waals surface area contributed by atoms with Gasteiger partial charge in [0, 0.05) is 0 Å². The summed E-state index contributed by atoms with van der Waals surface area (Å²) in [7, 11) is -7.06. The van der Waals surface area contributed by atoms with Gasteiger partial charge < -0.3 is 14.2 Å². The predicted octanol–water partition coefficient (Wildman–Crippen LogP) is 1.92. The van der Waals surface area contributed by atoms with Crippen molar-refractivity contribution in [1.82, 2.24) is 0 Å². The van der Waals surface area contributed by atoms with Crippen molar-refractivity contribution in [2.24, 2.45) is 9.98 Å². The smallest absolute Gasteiger partial charge is 0.240 e. The molecule has 11 nitrogen and oxygen atoms in total. The molecule has 0 heterocycles. The average Bonchev–Trinajstić information content (AvgIpc) is 2.83. The fraction of sp³-hybridized carbons (Fsp3) is 0.364. The van der Waals surface area contributed by atoms with Gasteiger partial charge in [0.2, 0.25) is 12.2 Å². The van der Waals surface area contributed by atoms with Crippen molar-refractivity contribution < 1.29 is 40.6 Å². The van der Waals surface area contributed by atoms with Gasteiger partial charge in [-0.1, -0.05) is 0 Å². The summed E-state index contributed by atoms with van der Waals surface area (Å²) in [6, 6.07) is 11.1. The van der Waals surface area contributed by atoms with E-state index in [0.29, 0.717) is 11.4 Å². The van der Waals surface area contributed by atoms with Crippen molar-refractivity contribution in [3.8, 4) is 0 Å². The topological polar surface area (TPSA) is 155 Å². The fourth-order valence-corrected chi connectivity index (χ4v) is 4.92. The lowest BCUT2D eigenvalue weighted by atomic mass is 10.3. The SMILES string of the molecule is O=C=Nc1ccc(S(=O)(=O)CCOCCOCCOCCS(=O)(=O)c2ccc(N=C=O)cc2)cc1. The Labute approximate surface area is 203 Å². The zero-order valence-corrected chi connectivity index (χ0v) is 20.3. The minimum absolute atomic E-state index is 0.0171. The van der Waals surface area contributed by atoms with Crippen LogP contribution >= 0.6 is 0 Å². The van der Waals surface area contributed by atoms with Crippen LogP contribution in [0, 0.1) is 0 Å². The van der Waals surface area contributed by atoms with Gasteiger partial charge in [0.25, 0.3) is 0 Å². The highest BCUT2D eigenvalue weighted by Crippen LogP contribution is 2.18. The molecule has 0 fully saturated rings. The minimum atomic E-state index is -3.53. The second-order valence-electron chi connectivity index (χ2n) is 6.87. The van der Waals surface area contributed by atoms with Gasteiger partial charge in [-0.15, -0.1) is 0 Å². The Morgan fingerprint density at radius 3 is 1.17 bits per heavy atom. The van der Waals surface area contributed by atoms with Gasteiger partial charge in [0.15, 0.2) is 19.7 Å². The molecule has 0 spiro atoms. The van der Waals surface area contributed by atoms with Crippen molar-refractivity contribution in [3.05, 3.63) is 48.5 Å². The number of hydrogen-bond donors (Lipinski definition) is 0. The summed E-state index contributed by atoms with van der Waals surface area (Å²) in [6.07, 6.45) is 2.76. The molecule has 0 atom stereocenters. The van der Waals surface area contributed by atoms with Gasteiger partial charge in [-0.25, -0.2) is 26.4 Å². The summed E-state index contributed by atoms with van der Waals surface area (Å²) < 4.78 is 64.8. The van der Waals surface area contributed by atoms with E-state index in [9.17, 15) is 26.4 Å². The summed E-state index contributed by atoms with van der Waals surface area (Å²) in [5.41, 5.74) is 0.630. The van der Waals surface area contributed by atoms with E-state index in [1.54, 1.807) is 0 Å². The lowest BCUT2D eigenvalue weighted by Gasteiger charge is -2.08. The highest BCUT2D eigenvalue weighted by Gasteiger charge is 2.15. The first kappa shape index (κ1) is 28.2. The third-order valence-electron chi connectivity index (χ3n) is 4.48. The Kier molecular flexibility index (Phi) is 11.6. The number of carbonyl (C=O) groups excluding carboxylic acids is 2. The normalized spacial score (nSPS) is 11.4. The van der Waals surface area contributed by atoms with E-state index in [-0.39, 0.29) is 60.9 Å². The Morgan fingerprint density at radius 2 is 0.857 bits per heavy atom. The molecule has 0 saturated heterocycles. The van der Waals surface area contributed by atoms with Crippen LogP contribution in [0.2, 0.25) is 0 Å². The summed E-state index contributed by atoms with van der Waals surface area (Å²) in [5, 5.41) is 0. The quantitative estimate of drug-likeness (QED) is 0.182. The van der Waals surface area contributed by atoms with Gasteiger partial charge in [0.05, 0.1) is 72.3 Å². The van der Waals surface area contributed by atoms with Crippen molar-refractivity contribution in [3.63, 3.8) is 0 Å². The number of isocyanates is 2. The molecular formula is C22H24N2O9S2. The van der Waals surface area contributed by atoms with Crippen LogP contribution in [-0.2, 0) is 43.5 Å². The molecule has 13 heteroatoms. The first-order valence-corrected chi connectivity index (χ1v) is 13.6. The van der Waals surface area contributed by atoms with E-state index in [1.807, 2.05) is 0 Å². The lowest BCUT2D eigenvalue weighted by Crippen LogP contribution is -2.16. The Morgan fingerprint density at radius 1 is 0.543 bits per heavy atom. The molecule has 188 valence electrons. The molecule has 0 aliphatic heterocycles. The second kappa shape index (κ2) is 14.4. The van der Waals surface area contributed by atoms with E-state index in [1.165, 1.54) is 60.7 Å². The van der Waals surface area contributed by atoms with Gasteiger partial charge in [-0.2, -0.15) is 9.98 Å². The highest BCUT2D eigenvalue weighted by molar-refractivity contribution is 7.91. The molecule has 0 aliphatic carbocycles. The van der Waals surface area contributed by atoms with Crippen molar-refractivity contribution in [2.45, 2.75) is 9.79 Å². The van der Waals surface area contributed by atoms with Crippen LogP contribution in [0.1, 0.15) is 0 Å². The zero-order chi connectivity index (χ0) is 25.6. The van der Waals surface area contributed by atoms with E-state index >= 15 is 0 Å². The van der Waals surface area contributed by atoms with Crippen LogP contribution in [0.3, 0.4) is 0 Å². The molecule has 0 aromatic heterocycles. The van der Waals surface area contributed by atoms with Gasteiger partial charge in [-0.05, 0) is 48.5 Å². The molecule has 2 rings (SSSR count). The Bertz CT molecular complexity index is 1150. The van der Waals surface area contributed by atoms with Crippen LogP contribution < -0.4 is 0 Å². The van der Waals surface area contributed by atoms with Gasteiger partial charge >= 0.3 is 0 Å². The standard InChI is InChI=1S/C22H24N2O9S2/c25-17-23-19-1-5-21(6-2-19)34(27,28)15-13-32-11-9-31-10-12-33-14-16-35(29,30)22-7-3-20(4-8-22)24-18-26/h1-8H,9-16H2. The maximum atomic E-state index is 12.2. The summed E-state index contributed by atoms with van der Waals surface area (Å²) in [5.74, 6) is -0.429. The van der Waals surface area contributed by atoms with E-state index in [0.717, 1.165) is 0 Å². The maximum Gasteiger partial charge on any atom is 0.240 e. The Balaban J connectivity index is 1.55. The van der Waals surface area contributed by atoms with E-state index in [2.05, 4.69) is 9.98 Å². The van der Waals surface area contributed by atoms with Crippen LogP contribution in [-0.4, -0.2) is 80.1 Å². The van der Waals surface area contributed by atoms with E-state index < -0.39 is 19.7 Å². The summed E-state index contributed by atoms with van der Waals surface area (Å²) in [4.78, 5) is 27.4. The predicted molar refractivity (Wildman–Crippen MR) is 125 cm³/mol. The lowest BCUT2D eigenvalue weighted by molar-refractivity contribution is 0.0202. The molecule has 35 heavy (non-hydrogen) atoms. The number of ether oxygens (including phenoxy) is 3. The number of sulfone groups is 2. The zero-order valence-electron chi connectivity index (χ0n) is 18.7. The number of aliphatic imine (C=N–C) groups is 2. The van der Waals surface area contributed by atoms with Crippen LogP contribution in [0.25, 0.3) is 0 Å². The molecule has 2 aromatic rings. The van der Waals surface area contributed by atoms with Gasteiger partial charge in [-0.3, -0.25) is 0 Å². The Hall–Kier alpha value is -3.02. The molecule has 2 aromatic carbocycles. The average molecular weight is 525 g/mol. The van der Waals surface area contributed by atoms with Crippen LogP contribution in [0.15, 0.2) is 68.3 Å². The van der Waals surface area contributed by atoms with Crippen LogP contribution in [0.4, 0.5) is 11.4 Å². The second-order valence-corrected chi connectivity index (χ2v) is 11.1.